The highest BCUT2D eigenvalue weighted by atomic mass is 16.3. The molecule has 0 aliphatic carbocycles. The lowest BCUT2D eigenvalue weighted by Crippen LogP contribution is -2.26. The van der Waals surface area contributed by atoms with Crippen LogP contribution in [0.4, 0.5) is 0 Å². The second-order valence-electron chi connectivity index (χ2n) is 3.86. The Kier molecular flexibility index (Phi) is 3.84. The van der Waals surface area contributed by atoms with E-state index in [0.29, 0.717) is 6.42 Å². The zero-order chi connectivity index (χ0) is 10.4. The molecule has 0 saturated carbocycles. The van der Waals surface area contributed by atoms with Crippen LogP contribution in [0.2, 0.25) is 0 Å². The van der Waals surface area contributed by atoms with Crippen molar-refractivity contribution in [3.05, 3.63) is 42.7 Å². The van der Waals surface area contributed by atoms with Crippen molar-refractivity contribution < 1.29 is 5.11 Å². The molecule has 1 atom stereocenters. The van der Waals surface area contributed by atoms with E-state index in [4.69, 9.17) is 0 Å². The molecule has 0 aromatic carbocycles. The molecular formula is C12H17NO. The molecule has 2 heteroatoms. The van der Waals surface area contributed by atoms with E-state index < -0.39 is 5.60 Å². The fourth-order valence-electron chi connectivity index (χ4n) is 1.44. The van der Waals surface area contributed by atoms with Gasteiger partial charge in [-0.1, -0.05) is 6.08 Å². The van der Waals surface area contributed by atoms with E-state index in [1.807, 2.05) is 25.1 Å². The SMILES string of the molecule is C=CCCC(C)(O)Cc1ccncc1. The molecule has 1 aromatic heterocycles. The predicted molar refractivity (Wildman–Crippen MR) is 58.0 cm³/mol. The van der Waals surface area contributed by atoms with Crippen LogP contribution < -0.4 is 0 Å². The monoisotopic (exact) mass is 191 g/mol. The number of rotatable bonds is 5. The van der Waals surface area contributed by atoms with E-state index in [1.54, 1.807) is 12.4 Å². The van der Waals surface area contributed by atoms with Crippen LogP contribution in [0.3, 0.4) is 0 Å². The molecule has 14 heavy (non-hydrogen) atoms. The number of aromatic nitrogens is 1. The van der Waals surface area contributed by atoms with Gasteiger partial charge in [0.15, 0.2) is 0 Å². The number of allylic oxidation sites excluding steroid dienone is 1. The Balaban J connectivity index is 2.54. The maximum atomic E-state index is 10.0. The summed E-state index contributed by atoms with van der Waals surface area (Å²) in [7, 11) is 0. The van der Waals surface area contributed by atoms with Crippen molar-refractivity contribution in [2.45, 2.75) is 31.8 Å². The van der Waals surface area contributed by atoms with Gasteiger partial charge in [0.1, 0.15) is 0 Å². The van der Waals surface area contributed by atoms with Crippen LogP contribution in [0.5, 0.6) is 0 Å². The Labute approximate surface area is 85.3 Å². The molecule has 0 radical (unpaired) electrons. The molecule has 0 fully saturated rings. The van der Waals surface area contributed by atoms with E-state index in [0.717, 1.165) is 18.4 Å². The van der Waals surface area contributed by atoms with Gasteiger partial charge >= 0.3 is 0 Å². The third-order valence-corrected chi connectivity index (χ3v) is 2.22. The van der Waals surface area contributed by atoms with Crippen LogP contribution in [0, 0.1) is 0 Å². The molecule has 76 valence electrons. The van der Waals surface area contributed by atoms with Crippen molar-refractivity contribution in [3.8, 4) is 0 Å². The van der Waals surface area contributed by atoms with Gasteiger partial charge in [-0.25, -0.2) is 0 Å². The molecule has 1 unspecified atom stereocenters. The van der Waals surface area contributed by atoms with Gasteiger partial charge < -0.3 is 5.11 Å². The molecule has 1 N–H and O–H groups in total. The summed E-state index contributed by atoms with van der Waals surface area (Å²) in [6, 6.07) is 3.87. The summed E-state index contributed by atoms with van der Waals surface area (Å²) >= 11 is 0. The Hall–Kier alpha value is -1.15. The van der Waals surface area contributed by atoms with Crippen LogP contribution in [0.1, 0.15) is 25.3 Å². The number of aliphatic hydroxyl groups is 1. The van der Waals surface area contributed by atoms with Crippen molar-refractivity contribution in [3.63, 3.8) is 0 Å². The van der Waals surface area contributed by atoms with E-state index in [2.05, 4.69) is 11.6 Å². The molecule has 2 nitrogen and oxygen atoms in total. The van der Waals surface area contributed by atoms with Gasteiger partial charge in [-0.15, -0.1) is 6.58 Å². The summed E-state index contributed by atoms with van der Waals surface area (Å²) in [6.45, 7) is 5.51. The average molecular weight is 191 g/mol. The highest BCUT2D eigenvalue weighted by Crippen LogP contribution is 2.18. The zero-order valence-electron chi connectivity index (χ0n) is 8.61. The Morgan fingerprint density at radius 1 is 1.50 bits per heavy atom. The Bertz CT molecular complexity index is 280. The second-order valence-corrected chi connectivity index (χ2v) is 3.86. The number of hydrogen-bond acceptors (Lipinski definition) is 2. The standard InChI is InChI=1S/C12H17NO/c1-3-4-7-12(2,14)10-11-5-8-13-9-6-11/h3,5-6,8-9,14H,1,4,7,10H2,2H3. The first-order valence-electron chi connectivity index (χ1n) is 4.86. The topological polar surface area (TPSA) is 33.1 Å². The van der Waals surface area contributed by atoms with Gasteiger partial charge in [-0.2, -0.15) is 0 Å². The van der Waals surface area contributed by atoms with Gasteiger partial charge in [0.2, 0.25) is 0 Å². The molecule has 0 spiro atoms. The molecule has 0 aliphatic heterocycles. The molecule has 0 saturated heterocycles. The fourth-order valence-corrected chi connectivity index (χ4v) is 1.44. The first-order valence-corrected chi connectivity index (χ1v) is 4.86. The van der Waals surface area contributed by atoms with Gasteiger partial charge in [0.05, 0.1) is 5.60 Å². The van der Waals surface area contributed by atoms with Crippen molar-refractivity contribution in [2.75, 3.05) is 0 Å². The second kappa shape index (κ2) is 4.91. The highest BCUT2D eigenvalue weighted by molar-refractivity contribution is 5.12. The van der Waals surface area contributed by atoms with Gasteiger partial charge in [-0.05, 0) is 37.5 Å². The average Bonchev–Trinajstić information content (AvgIpc) is 2.16. The lowest BCUT2D eigenvalue weighted by atomic mass is 9.92. The number of hydrogen-bond donors (Lipinski definition) is 1. The lowest BCUT2D eigenvalue weighted by Gasteiger charge is -2.22. The molecular weight excluding hydrogens is 174 g/mol. The Morgan fingerprint density at radius 2 is 2.14 bits per heavy atom. The first kappa shape index (κ1) is 10.9. The third kappa shape index (κ3) is 3.71. The van der Waals surface area contributed by atoms with Crippen molar-refractivity contribution in [2.24, 2.45) is 0 Å². The normalized spacial score (nSPS) is 14.7. The quantitative estimate of drug-likeness (QED) is 0.725. The van der Waals surface area contributed by atoms with Gasteiger partial charge in [-0.3, -0.25) is 4.98 Å². The fraction of sp³-hybridized carbons (Fsp3) is 0.417. The van der Waals surface area contributed by atoms with Crippen molar-refractivity contribution >= 4 is 0 Å². The molecule has 0 amide bonds. The lowest BCUT2D eigenvalue weighted by molar-refractivity contribution is 0.0523. The maximum absolute atomic E-state index is 10.0. The van der Waals surface area contributed by atoms with Crippen LogP contribution in [-0.4, -0.2) is 15.7 Å². The summed E-state index contributed by atoms with van der Waals surface area (Å²) in [6.07, 6.45) is 7.60. The van der Waals surface area contributed by atoms with E-state index in [1.165, 1.54) is 0 Å². The van der Waals surface area contributed by atoms with E-state index in [9.17, 15) is 5.11 Å². The highest BCUT2D eigenvalue weighted by Gasteiger charge is 2.19. The predicted octanol–water partition coefficient (Wildman–Crippen LogP) is 2.34. The van der Waals surface area contributed by atoms with E-state index in [-0.39, 0.29) is 0 Å². The Morgan fingerprint density at radius 3 is 2.71 bits per heavy atom. The zero-order valence-corrected chi connectivity index (χ0v) is 8.61. The first-order chi connectivity index (χ1) is 6.64. The minimum atomic E-state index is -0.643. The van der Waals surface area contributed by atoms with Crippen molar-refractivity contribution in [1.82, 2.24) is 4.98 Å². The minimum absolute atomic E-state index is 0.643. The summed E-state index contributed by atoms with van der Waals surface area (Å²) in [5, 5.41) is 10.0. The van der Waals surface area contributed by atoms with Gasteiger partial charge in [0, 0.05) is 18.8 Å². The number of pyridine rings is 1. The molecule has 1 aromatic rings. The van der Waals surface area contributed by atoms with Crippen LogP contribution in [0.15, 0.2) is 37.2 Å². The minimum Gasteiger partial charge on any atom is -0.390 e. The van der Waals surface area contributed by atoms with Crippen LogP contribution in [-0.2, 0) is 6.42 Å². The summed E-state index contributed by atoms with van der Waals surface area (Å²) in [4.78, 5) is 3.94. The number of nitrogens with zero attached hydrogens (tertiary/aromatic N) is 1. The summed E-state index contributed by atoms with van der Waals surface area (Å²) in [5.41, 5.74) is 0.476. The largest absolute Gasteiger partial charge is 0.390 e. The summed E-state index contributed by atoms with van der Waals surface area (Å²) in [5.74, 6) is 0. The van der Waals surface area contributed by atoms with Crippen molar-refractivity contribution in [1.29, 1.82) is 0 Å². The van der Waals surface area contributed by atoms with Crippen LogP contribution >= 0.6 is 0 Å². The van der Waals surface area contributed by atoms with E-state index >= 15 is 0 Å². The summed E-state index contributed by atoms with van der Waals surface area (Å²) < 4.78 is 0. The third-order valence-electron chi connectivity index (χ3n) is 2.22. The molecule has 0 aliphatic rings. The maximum Gasteiger partial charge on any atom is 0.0662 e. The molecule has 0 bridgehead atoms. The molecule has 1 rings (SSSR count). The van der Waals surface area contributed by atoms with Crippen LogP contribution in [0.25, 0.3) is 0 Å². The van der Waals surface area contributed by atoms with Gasteiger partial charge in [0.25, 0.3) is 0 Å². The smallest absolute Gasteiger partial charge is 0.0662 e. The molecule has 1 heterocycles.